The molecule has 0 aromatic rings. The molecule has 100 valence electrons. The van der Waals surface area contributed by atoms with E-state index in [4.69, 9.17) is 10.5 Å². The maximum Gasteiger partial charge on any atom is 0.324 e. The van der Waals surface area contributed by atoms with Gasteiger partial charge in [0.1, 0.15) is 12.6 Å². The van der Waals surface area contributed by atoms with E-state index in [1.54, 1.807) is 0 Å². The lowest BCUT2D eigenvalue weighted by Gasteiger charge is -2.17. The summed E-state index contributed by atoms with van der Waals surface area (Å²) in [5, 5.41) is 0. The first-order valence-electron chi connectivity index (χ1n) is 4.77. The molecule has 0 bridgehead atoms. The Hall–Kier alpha value is 0.320. The van der Waals surface area contributed by atoms with Gasteiger partial charge in [0.05, 0.1) is 0 Å². The molecule has 0 saturated heterocycles. The summed E-state index contributed by atoms with van der Waals surface area (Å²) in [5.41, 5.74) is 5.25. The maximum absolute atomic E-state index is 11.5. The summed E-state index contributed by atoms with van der Waals surface area (Å²) in [6.07, 6.45) is 2.67. The number of hydrogen-bond donors (Lipinski definition) is 2. The van der Waals surface area contributed by atoms with Gasteiger partial charge in [0, 0.05) is 6.54 Å². The zero-order valence-corrected chi connectivity index (χ0v) is 12.3. The van der Waals surface area contributed by atoms with Crippen molar-refractivity contribution < 1.29 is 9.53 Å². The third kappa shape index (κ3) is 10.8. The lowest BCUT2D eigenvalue weighted by Crippen LogP contribution is -2.36. The smallest absolute Gasteiger partial charge is 0.324 e. The van der Waals surface area contributed by atoms with E-state index in [1.165, 1.54) is 11.9 Å². The number of carbonyl (C=O) groups excluding carboxylic acids is 1. The van der Waals surface area contributed by atoms with Gasteiger partial charge in [-0.15, -0.1) is 24.8 Å². The van der Waals surface area contributed by atoms with Crippen LogP contribution in [0.25, 0.3) is 0 Å². The topological polar surface area (TPSA) is 64.3 Å². The van der Waals surface area contributed by atoms with E-state index < -0.39 is 0 Å². The molecule has 0 amide bonds. The zero-order chi connectivity index (χ0) is 11.0. The number of halogens is 2. The molecule has 0 aliphatic rings. The van der Waals surface area contributed by atoms with Crippen molar-refractivity contribution in [2.75, 3.05) is 19.4 Å². The van der Waals surface area contributed by atoms with Gasteiger partial charge >= 0.3 is 5.97 Å². The monoisotopic (exact) mass is 292 g/mol. The van der Waals surface area contributed by atoms with E-state index in [0.29, 0.717) is 19.1 Å². The fourth-order valence-electron chi connectivity index (χ4n) is 1.07. The molecular weight excluding hydrogens is 271 g/mol. The molecule has 1 atom stereocenters. The first kappa shape index (κ1) is 21.6. The Balaban J connectivity index is -0.000000845. The molecule has 0 unspecified atom stereocenters. The third-order valence-corrected chi connectivity index (χ3v) is 2.13. The third-order valence-electron chi connectivity index (χ3n) is 1.61. The standard InChI is InChI=1S/C9H20N2O2S.2ClH/c1-7(2)6-8(11-14-3)9(12)13-5-4-10;;/h7-8,11H,4-6,10H2,1-3H3;2*1H/t8-;;/m0../s1. The van der Waals surface area contributed by atoms with E-state index in [-0.39, 0.29) is 36.8 Å². The Morgan fingerprint density at radius 3 is 2.38 bits per heavy atom. The molecule has 0 aromatic carbocycles. The lowest BCUT2D eigenvalue weighted by molar-refractivity contribution is -0.145. The lowest BCUT2D eigenvalue weighted by atomic mass is 10.1. The van der Waals surface area contributed by atoms with Gasteiger partial charge in [0.25, 0.3) is 0 Å². The van der Waals surface area contributed by atoms with Gasteiger partial charge in [-0.05, 0) is 18.6 Å². The van der Waals surface area contributed by atoms with Crippen molar-refractivity contribution in [2.24, 2.45) is 11.7 Å². The molecule has 0 heterocycles. The highest BCUT2D eigenvalue weighted by Crippen LogP contribution is 2.08. The second-order valence-corrected chi connectivity index (χ2v) is 4.10. The highest BCUT2D eigenvalue weighted by atomic mass is 35.5. The van der Waals surface area contributed by atoms with Gasteiger partial charge in [-0.1, -0.05) is 25.8 Å². The van der Waals surface area contributed by atoms with Crippen molar-refractivity contribution in [3.05, 3.63) is 0 Å². The fourth-order valence-corrected chi connectivity index (χ4v) is 1.54. The summed E-state index contributed by atoms with van der Waals surface area (Å²) in [4.78, 5) is 11.5. The number of ether oxygens (including phenoxy) is 1. The van der Waals surface area contributed by atoms with Crippen molar-refractivity contribution in [1.29, 1.82) is 0 Å². The van der Waals surface area contributed by atoms with Crippen molar-refractivity contribution in [3.63, 3.8) is 0 Å². The molecule has 0 rings (SSSR count). The van der Waals surface area contributed by atoms with Gasteiger partial charge in [-0.3, -0.25) is 9.52 Å². The van der Waals surface area contributed by atoms with Gasteiger partial charge in [0.2, 0.25) is 0 Å². The normalized spacial score (nSPS) is 11.3. The molecule has 0 aliphatic heterocycles. The van der Waals surface area contributed by atoms with Crippen LogP contribution in [0.2, 0.25) is 0 Å². The number of rotatable bonds is 7. The average Bonchev–Trinajstić information content (AvgIpc) is 2.13. The van der Waals surface area contributed by atoms with E-state index in [1.807, 2.05) is 6.26 Å². The quantitative estimate of drug-likeness (QED) is 0.551. The van der Waals surface area contributed by atoms with E-state index in [0.717, 1.165) is 6.42 Å². The van der Waals surface area contributed by atoms with Crippen LogP contribution in [0.1, 0.15) is 20.3 Å². The van der Waals surface area contributed by atoms with Crippen LogP contribution in [0.5, 0.6) is 0 Å². The Bertz CT molecular complexity index is 174. The van der Waals surface area contributed by atoms with Crippen molar-refractivity contribution in [3.8, 4) is 0 Å². The first-order valence-corrected chi connectivity index (χ1v) is 5.99. The van der Waals surface area contributed by atoms with Crippen LogP contribution in [-0.2, 0) is 9.53 Å². The molecule has 0 saturated carbocycles. The van der Waals surface area contributed by atoms with Crippen molar-refractivity contribution in [2.45, 2.75) is 26.3 Å². The second-order valence-electron chi connectivity index (χ2n) is 3.46. The van der Waals surface area contributed by atoms with E-state index >= 15 is 0 Å². The minimum Gasteiger partial charge on any atom is -0.463 e. The van der Waals surface area contributed by atoms with Crippen molar-refractivity contribution in [1.82, 2.24) is 4.72 Å². The van der Waals surface area contributed by atoms with Crippen molar-refractivity contribution >= 4 is 42.7 Å². The molecule has 0 radical (unpaired) electrons. The molecule has 16 heavy (non-hydrogen) atoms. The summed E-state index contributed by atoms with van der Waals surface area (Å²) < 4.78 is 7.99. The number of hydrogen-bond acceptors (Lipinski definition) is 5. The predicted octanol–water partition coefficient (Wildman–Crippen LogP) is 1.61. The molecular formula is C9H22Cl2N2O2S. The Morgan fingerprint density at radius 1 is 1.44 bits per heavy atom. The largest absolute Gasteiger partial charge is 0.463 e. The summed E-state index contributed by atoms with van der Waals surface area (Å²) >= 11 is 1.43. The average molecular weight is 293 g/mol. The van der Waals surface area contributed by atoms with Crippen LogP contribution in [0.3, 0.4) is 0 Å². The highest BCUT2D eigenvalue weighted by molar-refractivity contribution is 7.96. The van der Waals surface area contributed by atoms with Gasteiger partial charge in [-0.25, -0.2) is 0 Å². The van der Waals surface area contributed by atoms with Crippen LogP contribution in [0.15, 0.2) is 0 Å². The number of nitrogens with two attached hydrogens (primary N) is 1. The molecule has 7 heteroatoms. The summed E-state index contributed by atoms with van der Waals surface area (Å²) in [6, 6.07) is -0.225. The Labute approximate surface area is 114 Å². The SMILES string of the molecule is CSN[C@@H](CC(C)C)C(=O)OCCN.Cl.Cl. The molecule has 0 aliphatic carbocycles. The summed E-state index contributed by atoms with van der Waals surface area (Å²) in [5.74, 6) is 0.253. The van der Waals surface area contributed by atoms with Crippen LogP contribution in [-0.4, -0.2) is 31.4 Å². The number of esters is 1. The van der Waals surface area contributed by atoms with E-state index in [9.17, 15) is 4.79 Å². The van der Waals surface area contributed by atoms with Gasteiger partial charge in [-0.2, -0.15) is 0 Å². The minimum atomic E-state index is -0.225. The summed E-state index contributed by atoms with van der Waals surface area (Å²) in [7, 11) is 0. The van der Waals surface area contributed by atoms with Crippen LogP contribution >= 0.6 is 36.8 Å². The van der Waals surface area contributed by atoms with Gasteiger partial charge < -0.3 is 10.5 Å². The fraction of sp³-hybridized carbons (Fsp3) is 0.889. The molecule has 0 spiro atoms. The Morgan fingerprint density at radius 2 is 2.00 bits per heavy atom. The molecule has 0 fully saturated rings. The molecule has 4 nitrogen and oxygen atoms in total. The predicted molar refractivity (Wildman–Crippen MR) is 74.4 cm³/mol. The van der Waals surface area contributed by atoms with Crippen LogP contribution < -0.4 is 10.5 Å². The number of carbonyl (C=O) groups is 1. The minimum absolute atomic E-state index is 0. The zero-order valence-electron chi connectivity index (χ0n) is 9.89. The highest BCUT2D eigenvalue weighted by Gasteiger charge is 2.20. The molecule has 0 aromatic heterocycles. The van der Waals surface area contributed by atoms with Crippen LogP contribution in [0, 0.1) is 5.92 Å². The first-order chi connectivity index (χ1) is 6.61. The maximum atomic E-state index is 11.5. The summed E-state index contributed by atoms with van der Waals surface area (Å²) in [6.45, 7) is 4.82. The van der Waals surface area contributed by atoms with Gasteiger partial charge in [0.15, 0.2) is 0 Å². The second kappa shape index (κ2) is 13.4. The molecule has 3 N–H and O–H groups in total. The number of nitrogens with one attached hydrogen (secondary N) is 1. The van der Waals surface area contributed by atoms with Crippen LogP contribution in [0.4, 0.5) is 0 Å². The Kier molecular flexibility index (Phi) is 18.1. The van der Waals surface area contributed by atoms with E-state index in [2.05, 4.69) is 18.6 Å².